The molecule has 0 bridgehead atoms. The van der Waals surface area contributed by atoms with Crippen molar-refractivity contribution in [2.24, 2.45) is 5.92 Å². The molecule has 0 saturated heterocycles. The van der Waals surface area contributed by atoms with Gasteiger partial charge >= 0.3 is 5.97 Å². The molecule has 0 amide bonds. The van der Waals surface area contributed by atoms with Crippen LogP contribution in [-0.4, -0.2) is 27.9 Å². The van der Waals surface area contributed by atoms with Gasteiger partial charge in [0.15, 0.2) is 0 Å². The van der Waals surface area contributed by atoms with E-state index in [9.17, 15) is 20.1 Å². The number of carboxylic acid groups (broad SMARTS) is 1. The van der Waals surface area contributed by atoms with E-state index in [1.165, 1.54) is 25.7 Å². The van der Waals surface area contributed by atoms with Crippen LogP contribution < -0.4 is 4.74 Å². The molecule has 1 heterocycles. The minimum Gasteiger partial charge on any atom is -0.508 e. The van der Waals surface area contributed by atoms with Gasteiger partial charge in [0, 0.05) is 17.4 Å². The highest BCUT2D eigenvalue weighted by Gasteiger charge is 2.42. The number of hydrogen-bond acceptors (Lipinski definition) is 4. The Morgan fingerprint density at radius 1 is 0.892 bits per heavy atom. The Bertz CT molecular complexity index is 970. The van der Waals surface area contributed by atoms with Crippen molar-refractivity contribution in [1.82, 2.24) is 0 Å². The van der Waals surface area contributed by atoms with Gasteiger partial charge in [-0.3, -0.25) is 4.79 Å². The molecule has 5 heteroatoms. The number of benzene rings is 2. The van der Waals surface area contributed by atoms with E-state index in [1.807, 2.05) is 18.2 Å². The average Bonchev–Trinajstić information content (AvgIpc) is 2.88. The summed E-state index contributed by atoms with van der Waals surface area (Å²) >= 11 is 0. The fourth-order valence-corrected chi connectivity index (χ4v) is 5.86. The summed E-state index contributed by atoms with van der Waals surface area (Å²) in [5.74, 6) is 0.735. The van der Waals surface area contributed by atoms with Crippen molar-refractivity contribution in [1.29, 1.82) is 0 Å². The van der Waals surface area contributed by atoms with Crippen LogP contribution in [0.1, 0.15) is 114 Å². The van der Waals surface area contributed by atoms with Crippen molar-refractivity contribution in [2.75, 3.05) is 6.61 Å². The van der Waals surface area contributed by atoms with E-state index in [2.05, 4.69) is 13.8 Å². The van der Waals surface area contributed by atoms with Crippen molar-refractivity contribution in [3.05, 3.63) is 53.6 Å². The minimum absolute atomic E-state index is 0.168. The van der Waals surface area contributed by atoms with E-state index >= 15 is 0 Å². The molecule has 3 rings (SSSR count). The van der Waals surface area contributed by atoms with Crippen LogP contribution >= 0.6 is 0 Å². The Morgan fingerprint density at radius 2 is 1.49 bits per heavy atom. The molecule has 1 aliphatic heterocycles. The number of aromatic hydroxyl groups is 2. The average molecular weight is 511 g/mol. The van der Waals surface area contributed by atoms with Crippen LogP contribution in [0.5, 0.6) is 17.2 Å². The van der Waals surface area contributed by atoms with Gasteiger partial charge in [-0.2, -0.15) is 0 Å². The molecule has 37 heavy (non-hydrogen) atoms. The van der Waals surface area contributed by atoms with Gasteiger partial charge in [-0.05, 0) is 48.6 Å². The first kappa shape index (κ1) is 28.9. The van der Waals surface area contributed by atoms with Gasteiger partial charge in [0.1, 0.15) is 17.2 Å². The molecule has 0 aliphatic carbocycles. The lowest BCUT2D eigenvalue weighted by atomic mass is 9.66. The first-order valence-corrected chi connectivity index (χ1v) is 14.3. The highest BCUT2D eigenvalue weighted by atomic mass is 16.5. The van der Waals surface area contributed by atoms with Crippen molar-refractivity contribution in [3.8, 4) is 17.2 Å². The number of phenols is 2. The number of unbranched alkanes of at least 4 members (excludes halogenated alkanes) is 8. The van der Waals surface area contributed by atoms with Crippen LogP contribution in [0.3, 0.4) is 0 Å². The number of fused-ring (bicyclic) bond motifs is 1. The van der Waals surface area contributed by atoms with Gasteiger partial charge in [-0.1, -0.05) is 96.3 Å². The second-order valence-electron chi connectivity index (χ2n) is 11.1. The predicted molar refractivity (Wildman–Crippen MR) is 149 cm³/mol. The van der Waals surface area contributed by atoms with E-state index in [4.69, 9.17) is 4.74 Å². The molecule has 2 aromatic rings. The summed E-state index contributed by atoms with van der Waals surface area (Å²) in [6.07, 6.45) is 13.9. The summed E-state index contributed by atoms with van der Waals surface area (Å²) in [4.78, 5) is 11.5. The monoisotopic (exact) mass is 510 g/mol. The van der Waals surface area contributed by atoms with E-state index in [0.29, 0.717) is 6.61 Å². The Hall–Kier alpha value is -2.69. The van der Waals surface area contributed by atoms with Gasteiger partial charge < -0.3 is 20.1 Å². The van der Waals surface area contributed by atoms with Crippen LogP contribution in [0.25, 0.3) is 0 Å². The Labute approximate surface area is 222 Å². The van der Waals surface area contributed by atoms with Crippen LogP contribution in [-0.2, 0) is 10.2 Å². The molecule has 3 unspecified atom stereocenters. The lowest BCUT2D eigenvalue weighted by Gasteiger charge is -2.43. The summed E-state index contributed by atoms with van der Waals surface area (Å²) in [7, 11) is 0. The van der Waals surface area contributed by atoms with Gasteiger partial charge in [0.2, 0.25) is 0 Å². The fourth-order valence-electron chi connectivity index (χ4n) is 5.86. The van der Waals surface area contributed by atoms with Gasteiger partial charge in [0.25, 0.3) is 0 Å². The molecule has 1 aliphatic rings. The molecule has 204 valence electrons. The van der Waals surface area contributed by atoms with E-state index in [0.717, 1.165) is 74.7 Å². The number of hydrogen-bond donors (Lipinski definition) is 3. The maximum absolute atomic E-state index is 11.5. The Kier molecular flexibility index (Phi) is 11.2. The molecule has 0 fully saturated rings. The zero-order chi connectivity index (χ0) is 26.7. The van der Waals surface area contributed by atoms with Crippen LogP contribution in [0.2, 0.25) is 0 Å². The number of ether oxygens (including phenoxy) is 1. The predicted octanol–water partition coefficient (Wildman–Crippen LogP) is 8.32. The van der Waals surface area contributed by atoms with Crippen LogP contribution in [0.4, 0.5) is 0 Å². The first-order chi connectivity index (χ1) is 17.8. The summed E-state index contributed by atoms with van der Waals surface area (Å²) in [5.41, 5.74) is 2.09. The molecule has 0 saturated carbocycles. The minimum atomic E-state index is -0.625. The third-order valence-corrected chi connectivity index (χ3v) is 8.25. The Balaban J connectivity index is 1.46. The third kappa shape index (κ3) is 8.15. The van der Waals surface area contributed by atoms with Crippen molar-refractivity contribution in [3.63, 3.8) is 0 Å². The molecule has 3 N–H and O–H groups in total. The number of carbonyl (C=O) groups is 1. The zero-order valence-electron chi connectivity index (χ0n) is 22.8. The molecule has 0 spiro atoms. The SMILES string of the molecule is CCCCCC(CCCCCCCCCC1c2ccc(O)cc2OCC1(C)c1ccc(O)cc1)C(=O)O. The van der Waals surface area contributed by atoms with E-state index < -0.39 is 5.97 Å². The zero-order valence-corrected chi connectivity index (χ0v) is 22.8. The Morgan fingerprint density at radius 3 is 2.14 bits per heavy atom. The molecule has 0 radical (unpaired) electrons. The topological polar surface area (TPSA) is 87.0 Å². The number of carboxylic acids is 1. The van der Waals surface area contributed by atoms with Crippen molar-refractivity contribution in [2.45, 2.75) is 109 Å². The van der Waals surface area contributed by atoms with E-state index in [1.54, 1.807) is 24.3 Å². The number of rotatable bonds is 16. The summed E-state index contributed by atoms with van der Waals surface area (Å²) in [5, 5.41) is 29.2. The van der Waals surface area contributed by atoms with Crippen LogP contribution in [0, 0.1) is 5.92 Å². The standard InChI is InChI=1S/C32H46O5/c1-3-4-10-13-24(31(35)36)14-11-8-6-5-7-9-12-15-29-28-21-20-27(34)22-30(28)37-23-32(29,2)25-16-18-26(33)19-17-25/h16-22,24,29,33-34H,3-15,23H2,1-2H3,(H,35,36). The fraction of sp³-hybridized carbons (Fsp3) is 0.594. The normalized spacial score (nSPS) is 19.7. The third-order valence-electron chi connectivity index (χ3n) is 8.25. The van der Waals surface area contributed by atoms with Crippen molar-refractivity contribution < 1.29 is 24.9 Å². The quantitative estimate of drug-likeness (QED) is 0.198. The van der Waals surface area contributed by atoms with Crippen molar-refractivity contribution >= 4 is 5.97 Å². The van der Waals surface area contributed by atoms with Gasteiger partial charge in [0.05, 0.1) is 12.5 Å². The highest BCUT2D eigenvalue weighted by molar-refractivity contribution is 5.69. The van der Waals surface area contributed by atoms with Gasteiger partial charge in [-0.15, -0.1) is 0 Å². The second kappa shape index (κ2) is 14.3. The second-order valence-corrected chi connectivity index (χ2v) is 11.1. The lowest BCUT2D eigenvalue weighted by molar-refractivity contribution is -0.142. The van der Waals surface area contributed by atoms with Gasteiger partial charge in [-0.25, -0.2) is 0 Å². The largest absolute Gasteiger partial charge is 0.508 e. The summed E-state index contributed by atoms with van der Waals surface area (Å²) in [6, 6.07) is 12.9. The summed E-state index contributed by atoms with van der Waals surface area (Å²) in [6.45, 7) is 4.93. The lowest BCUT2D eigenvalue weighted by Crippen LogP contribution is -2.40. The smallest absolute Gasteiger partial charge is 0.306 e. The summed E-state index contributed by atoms with van der Waals surface area (Å²) < 4.78 is 6.12. The van der Waals surface area contributed by atoms with E-state index in [-0.39, 0.29) is 28.7 Å². The first-order valence-electron chi connectivity index (χ1n) is 14.3. The number of phenolic OH excluding ortho intramolecular Hbond substituents is 2. The molecule has 0 aromatic heterocycles. The highest BCUT2D eigenvalue weighted by Crippen LogP contribution is 2.49. The number of aliphatic carboxylic acids is 1. The molecule has 5 nitrogen and oxygen atoms in total. The maximum Gasteiger partial charge on any atom is 0.306 e. The molecule has 3 atom stereocenters. The molecular formula is C32H46O5. The molecular weight excluding hydrogens is 464 g/mol. The van der Waals surface area contributed by atoms with Crippen LogP contribution in [0.15, 0.2) is 42.5 Å². The molecule has 2 aromatic carbocycles. The maximum atomic E-state index is 11.5.